The highest BCUT2D eigenvalue weighted by Gasteiger charge is 2.28. The smallest absolute Gasteiger partial charge is 0.407 e. The second kappa shape index (κ2) is 8.19. The maximum atomic E-state index is 11.8. The topological polar surface area (TPSA) is 50.4 Å². The van der Waals surface area contributed by atoms with Crippen LogP contribution in [0, 0.1) is 11.8 Å². The number of rotatable bonds is 5. The van der Waals surface area contributed by atoms with Gasteiger partial charge in [-0.25, -0.2) is 4.79 Å². The van der Waals surface area contributed by atoms with Gasteiger partial charge >= 0.3 is 6.09 Å². The SMILES string of the molecule is CC(C)(C)OC(=O)NCC1CCCC1NCC1CCCCC1. The van der Waals surface area contributed by atoms with E-state index in [4.69, 9.17) is 4.74 Å². The summed E-state index contributed by atoms with van der Waals surface area (Å²) in [6, 6.07) is 0.567. The molecule has 0 heterocycles. The molecule has 2 N–H and O–H groups in total. The van der Waals surface area contributed by atoms with Crippen LogP contribution in [0.5, 0.6) is 0 Å². The van der Waals surface area contributed by atoms with E-state index in [1.807, 2.05) is 20.8 Å². The van der Waals surface area contributed by atoms with Crippen LogP contribution in [0.1, 0.15) is 72.1 Å². The molecule has 1 amide bonds. The van der Waals surface area contributed by atoms with Gasteiger partial charge in [-0.15, -0.1) is 0 Å². The van der Waals surface area contributed by atoms with Gasteiger partial charge in [0.2, 0.25) is 0 Å². The van der Waals surface area contributed by atoms with Crippen LogP contribution in [0.15, 0.2) is 0 Å². The molecule has 2 unspecified atom stereocenters. The molecule has 0 bridgehead atoms. The maximum absolute atomic E-state index is 11.8. The van der Waals surface area contributed by atoms with Crippen LogP contribution in [0.3, 0.4) is 0 Å². The summed E-state index contributed by atoms with van der Waals surface area (Å²) in [6.45, 7) is 7.59. The van der Waals surface area contributed by atoms with Gasteiger partial charge in [0.25, 0.3) is 0 Å². The zero-order valence-electron chi connectivity index (χ0n) is 14.6. The van der Waals surface area contributed by atoms with Crippen LogP contribution in [0.4, 0.5) is 4.79 Å². The minimum absolute atomic E-state index is 0.287. The number of carbonyl (C=O) groups excluding carboxylic acids is 1. The first kappa shape index (κ1) is 17.6. The normalized spacial score (nSPS) is 26.9. The fourth-order valence-electron chi connectivity index (χ4n) is 3.79. The number of hydrogen-bond acceptors (Lipinski definition) is 3. The number of hydrogen-bond donors (Lipinski definition) is 2. The van der Waals surface area contributed by atoms with E-state index in [1.165, 1.54) is 51.4 Å². The minimum atomic E-state index is -0.418. The molecule has 2 aliphatic carbocycles. The number of nitrogens with one attached hydrogen (secondary N) is 2. The number of ether oxygens (including phenoxy) is 1. The first-order valence-electron chi connectivity index (χ1n) is 9.14. The van der Waals surface area contributed by atoms with Crippen molar-refractivity contribution in [1.29, 1.82) is 0 Å². The van der Waals surface area contributed by atoms with E-state index in [-0.39, 0.29) is 6.09 Å². The van der Waals surface area contributed by atoms with Gasteiger partial charge in [0, 0.05) is 12.6 Å². The third-order valence-corrected chi connectivity index (χ3v) is 4.96. The molecule has 4 heteroatoms. The lowest BCUT2D eigenvalue weighted by molar-refractivity contribution is 0.0517. The summed E-state index contributed by atoms with van der Waals surface area (Å²) in [5.41, 5.74) is -0.418. The van der Waals surface area contributed by atoms with Crippen LogP contribution in [0.2, 0.25) is 0 Å². The van der Waals surface area contributed by atoms with Crippen LogP contribution in [-0.2, 0) is 4.74 Å². The molecule has 2 aliphatic rings. The predicted octanol–water partition coefficient (Wildman–Crippen LogP) is 3.85. The van der Waals surface area contributed by atoms with Gasteiger partial charge in [-0.05, 0) is 64.8 Å². The van der Waals surface area contributed by atoms with Crippen molar-refractivity contribution in [1.82, 2.24) is 10.6 Å². The number of alkyl carbamates (subject to hydrolysis) is 1. The lowest BCUT2D eigenvalue weighted by atomic mass is 9.89. The van der Waals surface area contributed by atoms with Gasteiger partial charge in [-0.3, -0.25) is 0 Å². The average Bonchev–Trinajstić information content (AvgIpc) is 2.90. The summed E-state index contributed by atoms with van der Waals surface area (Å²) in [5, 5.41) is 6.73. The zero-order valence-corrected chi connectivity index (χ0v) is 14.6. The van der Waals surface area contributed by atoms with Crippen LogP contribution in [-0.4, -0.2) is 30.8 Å². The number of carbonyl (C=O) groups is 1. The Hall–Kier alpha value is -0.770. The molecule has 0 radical (unpaired) electrons. The molecule has 0 aromatic carbocycles. The highest BCUT2D eigenvalue weighted by atomic mass is 16.6. The Morgan fingerprint density at radius 1 is 1.00 bits per heavy atom. The summed E-state index contributed by atoms with van der Waals surface area (Å²) in [4.78, 5) is 11.8. The molecule has 0 saturated heterocycles. The summed E-state index contributed by atoms with van der Waals surface area (Å²) in [5.74, 6) is 1.42. The quantitative estimate of drug-likeness (QED) is 0.811. The number of amides is 1. The highest BCUT2D eigenvalue weighted by Crippen LogP contribution is 2.27. The standard InChI is InChI=1S/C18H34N2O2/c1-18(2,3)22-17(21)20-13-15-10-7-11-16(15)19-12-14-8-5-4-6-9-14/h14-16,19H,4-13H2,1-3H3,(H,20,21). The molecule has 22 heavy (non-hydrogen) atoms. The van der Waals surface area contributed by atoms with Gasteiger partial charge in [-0.1, -0.05) is 25.7 Å². The minimum Gasteiger partial charge on any atom is -0.444 e. The van der Waals surface area contributed by atoms with Crippen molar-refractivity contribution >= 4 is 6.09 Å². The molecule has 2 fully saturated rings. The van der Waals surface area contributed by atoms with E-state index in [0.29, 0.717) is 12.0 Å². The van der Waals surface area contributed by atoms with Crippen molar-refractivity contribution in [3.8, 4) is 0 Å². The van der Waals surface area contributed by atoms with E-state index in [9.17, 15) is 4.79 Å². The molecule has 0 spiro atoms. The third-order valence-electron chi connectivity index (χ3n) is 4.96. The molecular formula is C18H34N2O2. The first-order valence-corrected chi connectivity index (χ1v) is 9.14. The zero-order chi connectivity index (χ0) is 16.0. The van der Waals surface area contributed by atoms with E-state index in [2.05, 4.69) is 10.6 Å². The lowest BCUT2D eigenvalue weighted by Crippen LogP contribution is -2.42. The summed E-state index contributed by atoms with van der Waals surface area (Å²) in [6.07, 6.45) is 10.4. The lowest BCUT2D eigenvalue weighted by Gasteiger charge is -2.27. The van der Waals surface area contributed by atoms with Crippen LogP contribution < -0.4 is 10.6 Å². The molecule has 128 valence electrons. The van der Waals surface area contributed by atoms with Crippen molar-refractivity contribution in [2.24, 2.45) is 11.8 Å². The Kier molecular flexibility index (Phi) is 6.54. The molecule has 2 saturated carbocycles. The monoisotopic (exact) mass is 310 g/mol. The van der Waals surface area contributed by atoms with Crippen molar-refractivity contribution < 1.29 is 9.53 Å². The molecule has 2 atom stereocenters. The second-order valence-corrected chi connectivity index (χ2v) is 8.09. The van der Waals surface area contributed by atoms with E-state index in [0.717, 1.165) is 19.0 Å². The Morgan fingerprint density at radius 3 is 2.41 bits per heavy atom. The molecule has 0 aromatic heterocycles. The van der Waals surface area contributed by atoms with Crippen molar-refractivity contribution in [2.75, 3.05) is 13.1 Å². The van der Waals surface area contributed by atoms with Crippen molar-refractivity contribution in [2.45, 2.75) is 83.8 Å². The van der Waals surface area contributed by atoms with E-state index in [1.54, 1.807) is 0 Å². The van der Waals surface area contributed by atoms with Crippen molar-refractivity contribution in [3.05, 3.63) is 0 Å². The Bertz CT molecular complexity index is 345. The Labute approximate surface area is 135 Å². The first-order chi connectivity index (χ1) is 10.4. The summed E-state index contributed by atoms with van der Waals surface area (Å²) in [7, 11) is 0. The maximum Gasteiger partial charge on any atom is 0.407 e. The fourth-order valence-corrected chi connectivity index (χ4v) is 3.79. The summed E-state index contributed by atoms with van der Waals surface area (Å²) < 4.78 is 5.32. The van der Waals surface area contributed by atoms with Gasteiger partial charge < -0.3 is 15.4 Å². The largest absolute Gasteiger partial charge is 0.444 e. The van der Waals surface area contributed by atoms with Gasteiger partial charge in [0.15, 0.2) is 0 Å². The van der Waals surface area contributed by atoms with E-state index >= 15 is 0 Å². The highest BCUT2D eigenvalue weighted by molar-refractivity contribution is 5.67. The van der Waals surface area contributed by atoms with Gasteiger partial charge in [-0.2, -0.15) is 0 Å². The van der Waals surface area contributed by atoms with Crippen molar-refractivity contribution in [3.63, 3.8) is 0 Å². The average molecular weight is 310 g/mol. The van der Waals surface area contributed by atoms with Crippen LogP contribution >= 0.6 is 0 Å². The predicted molar refractivity (Wildman–Crippen MR) is 89.9 cm³/mol. The third kappa shape index (κ3) is 6.15. The molecular weight excluding hydrogens is 276 g/mol. The summed E-state index contributed by atoms with van der Waals surface area (Å²) >= 11 is 0. The Balaban J connectivity index is 1.67. The fraction of sp³-hybridized carbons (Fsp3) is 0.944. The second-order valence-electron chi connectivity index (χ2n) is 8.09. The molecule has 0 aliphatic heterocycles. The molecule has 2 rings (SSSR count). The van der Waals surface area contributed by atoms with Gasteiger partial charge in [0.05, 0.1) is 0 Å². The van der Waals surface area contributed by atoms with Gasteiger partial charge in [0.1, 0.15) is 5.60 Å². The molecule has 0 aromatic rings. The van der Waals surface area contributed by atoms with E-state index < -0.39 is 5.60 Å². The van der Waals surface area contributed by atoms with Crippen LogP contribution in [0.25, 0.3) is 0 Å². The Morgan fingerprint density at radius 2 is 1.73 bits per heavy atom. The molecule has 4 nitrogen and oxygen atoms in total.